The van der Waals surface area contributed by atoms with Gasteiger partial charge in [0.25, 0.3) is 5.91 Å². The van der Waals surface area contributed by atoms with Gasteiger partial charge in [0.1, 0.15) is 30.8 Å². The van der Waals surface area contributed by atoms with E-state index in [2.05, 4.69) is 21.3 Å². The van der Waals surface area contributed by atoms with Crippen LogP contribution >= 0.6 is 0 Å². The van der Waals surface area contributed by atoms with Crippen molar-refractivity contribution in [2.45, 2.75) is 76.7 Å². The number of alkyl carbamates (subject to hydrolysis) is 1. The van der Waals surface area contributed by atoms with Crippen LogP contribution in [0.4, 0.5) is 4.79 Å². The molecule has 5 amide bonds. The van der Waals surface area contributed by atoms with E-state index < -0.39 is 59.7 Å². The Morgan fingerprint density at radius 2 is 1.12 bits per heavy atom. The molecule has 4 atom stereocenters. The number of rotatable bonds is 20. The number of ketones is 1. The molecular weight excluding hydrogens is 652 g/mol. The summed E-state index contributed by atoms with van der Waals surface area (Å²) in [6.07, 6.45) is -0.0650. The minimum absolute atomic E-state index is 0.0116. The average molecular weight is 701 g/mol. The van der Waals surface area contributed by atoms with Gasteiger partial charge in [-0.2, -0.15) is 0 Å². The van der Waals surface area contributed by atoms with Crippen molar-refractivity contribution in [1.82, 2.24) is 21.3 Å². The van der Waals surface area contributed by atoms with E-state index in [4.69, 9.17) is 16.2 Å². The first-order valence-electron chi connectivity index (χ1n) is 17.0. The minimum atomic E-state index is -1.35. The Bertz CT molecular complexity index is 1590. The minimum Gasteiger partial charge on any atom is -0.445 e. The average Bonchev–Trinajstić information content (AvgIpc) is 3.12. The number of primary amides is 1. The quantitative estimate of drug-likeness (QED) is 0.0959. The third-order valence-electron chi connectivity index (χ3n) is 7.93. The van der Waals surface area contributed by atoms with Crippen LogP contribution in [-0.4, -0.2) is 66.2 Å². The van der Waals surface area contributed by atoms with Crippen molar-refractivity contribution < 1.29 is 33.5 Å². The molecule has 0 heterocycles. The maximum atomic E-state index is 13.9. The van der Waals surface area contributed by atoms with E-state index in [1.807, 2.05) is 38.1 Å². The summed E-state index contributed by atoms with van der Waals surface area (Å²) >= 11 is 0. The van der Waals surface area contributed by atoms with Gasteiger partial charge < -0.3 is 37.5 Å². The lowest BCUT2D eigenvalue weighted by Gasteiger charge is -2.26. The lowest BCUT2D eigenvalue weighted by Crippen LogP contribution is -2.58. The molecule has 0 fully saturated rings. The van der Waals surface area contributed by atoms with Gasteiger partial charge in [-0.05, 0) is 48.4 Å². The molecule has 0 aliphatic rings. The third-order valence-corrected chi connectivity index (χ3v) is 7.93. The zero-order valence-electron chi connectivity index (χ0n) is 29.0. The highest BCUT2D eigenvalue weighted by atomic mass is 16.5. The van der Waals surface area contributed by atoms with Gasteiger partial charge in [0, 0.05) is 12.8 Å². The summed E-state index contributed by atoms with van der Waals surface area (Å²) in [6.45, 7) is 3.96. The molecule has 0 aliphatic heterocycles. The molecular formula is C38H48N6O7. The first kappa shape index (κ1) is 39.9. The van der Waals surface area contributed by atoms with E-state index in [0.29, 0.717) is 12.0 Å². The number of hydrogen-bond donors (Lipinski definition) is 6. The number of carbonyl (C=O) groups is 6. The van der Waals surface area contributed by atoms with Gasteiger partial charge in [0.05, 0.1) is 0 Å². The highest BCUT2D eigenvalue weighted by Gasteiger charge is 2.33. The predicted molar refractivity (Wildman–Crippen MR) is 192 cm³/mol. The van der Waals surface area contributed by atoms with Crippen LogP contribution in [0.5, 0.6) is 0 Å². The molecule has 0 bridgehead atoms. The molecule has 13 heteroatoms. The van der Waals surface area contributed by atoms with E-state index >= 15 is 0 Å². The van der Waals surface area contributed by atoms with Crippen LogP contribution in [0, 0.1) is 5.92 Å². The van der Waals surface area contributed by atoms with Gasteiger partial charge in [-0.1, -0.05) is 105 Å². The molecule has 8 N–H and O–H groups in total. The Morgan fingerprint density at radius 1 is 0.627 bits per heavy atom. The second-order valence-electron chi connectivity index (χ2n) is 12.6. The molecule has 0 saturated heterocycles. The van der Waals surface area contributed by atoms with E-state index in [1.165, 1.54) is 0 Å². The molecule has 0 aromatic heterocycles. The highest BCUT2D eigenvalue weighted by Crippen LogP contribution is 2.11. The first-order chi connectivity index (χ1) is 24.5. The second-order valence-corrected chi connectivity index (χ2v) is 12.6. The smallest absolute Gasteiger partial charge is 0.408 e. The van der Waals surface area contributed by atoms with Crippen LogP contribution in [0.3, 0.4) is 0 Å². The van der Waals surface area contributed by atoms with Gasteiger partial charge in [-0.25, -0.2) is 4.79 Å². The number of nitrogens with two attached hydrogens (primary N) is 2. The van der Waals surface area contributed by atoms with Crippen LogP contribution in [0.2, 0.25) is 0 Å². The Balaban J connectivity index is 1.81. The van der Waals surface area contributed by atoms with Crippen molar-refractivity contribution in [2.24, 2.45) is 17.4 Å². The normalized spacial score (nSPS) is 13.2. The Morgan fingerprint density at radius 3 is 1.63 bits per heavy atom. The molecule has 272 valence electrons. The SMILES string of the molecule is CC(C)C[C@H](NC(=O)[C@H](Cc1ccccc1)NC(=O)OCc1ccccc1)C(=O)NC(Cc1ccccc1)C(=O)C(=O)N[C@H](CCCN)C(N)=O. The van der Waals surface area contributed by atoms with Gasteiger partial charge in [-0.3, -0.25) is 24.0 Å². The predicted octanol–water partition coefficient (Wildman–Crippen LogP) is 2.06. The molecule has 3 rings (SSSR count). The summed E-state index contributed by atoms with van der Waals surface area (Å²) in [5.41, 5.74) is 13.1. The number of Topliss-reactive ketones (excluding diaryl/α,β-unsaturated/α-hetero) is 1. The summed E-state index contributed by atoms with van der Waals surface area (Å²) in [5.74, 6) is -4.35. The largest absolute Gasteiger partial charge is 0.445 e. The fourth-order valence-electron chi connectivity index (χ4n) is 5.27. The van der Waals surface area contributed by atoms with E-state index in [1.54, 1.807) is 66.7 Å². The van der Waals surface area contributed by atoms with Gasteiger partial charge in [0.15, 0.2) is 0 Å². The van der Waals surface area contributed by atoms with Gasteiger partial charge in [-0.15, -0.1) is 0 Å². The standard InChI is InChI=1S/C38H48N6O7/c1-25(2)21-31(43-36(48)32(23-27-15-8-4-9-16-27)44-38(50)51-24-28-17-10-5-11-18-28)35(47)42-30(22-26-13-6-3-7-14-26)33(45)37(49)41-29(34(40)46)19-12-20-39/h3-11,13-18,25,29-32H,12,19-24,39H2,1-2H3,(H2,40,46)(H,41,49)(H,42,47)(H,43,48)(H,44,50)/t29-,30?,31+,32+/m1/s1. The van der Waals surface area contributed by atoms with Gasteiger partial charge in [0.2, 0.25) is 23.5 Å². The van der Waals surface area contributed by atoms with Crippen molar-refractivity contribution in [3.8, 4) is 0 Å². The fourth-order valence-corrected chi connectivity index (χ4v) is 5.27. The first-order valence-corrected chi connectivity index (χ1v) is 17.0. The number of amides is 5. The molecule has 0 aliphatic carbocycles. The number of benzene rings is 3. The van der Waals surface area contributed by atoms with Crippen LogP contribution in [0.1, 0.15) is 49.8 Å². The summed E-state index contributed by atoms with van der Waals surface area (Å²) < 4.78 is 5.37. The summed E-state index contributed by atoms with van der Waals surface area (Å²) in [6, 6.07) is 22.1. The molecule has 0 radical (unpaired) electrons. The number of nitrogens with one attached hydrogen (secondary N) is 4. The molecule has 1 unspecified atom stereocenters. The fraction of sp³-hybridized carbons (Fsp3) is 0.368. The van der Waals surface area contributed by atoms with Crippen LogP contribution in [0.25, 0.3) is 0 Å². The molecule has 0 spiro atoms. The molecule has 0 saturated carbocycles. The zero-order chi connectivity index (χ0) is 37.2. The van der Waals surface area contributed by atoms with Crippen LogP contribution in [0.15, 0.2) is 91.0 Å². The maximum absolute atomic E-state index is 13.9. The molecule has 3 aromatic rings. The van der Waals surface area contributed by atoms with Crippen molar-refractivity contribution in [3.05, 3.63) is 108 Å². The number of hydrogen-bond acceptors (Lipinski definition) is 8. The summed E-state index contributed by atoms with van der Waals surface area (Å²) in [5, 5.41) is 10.4. The summed E-state index contributed by atoms with van der Waals surface area (Å²) in [4.78, 5) is 79.1. The summed E-state index contributed by atoms with van der Waals surface area (Å²) in [7, 11) is 0. The second kappa shape index (κ2) is 20.8. The van der Waals surface area contributed by atoms with E-state index in [0.717, 1.165) is 11.1 Å². The lowest BCUT2D eigenvalue weighted by molar-refractivity contribution is -0.141. The topological polar surface area (TPSA) is 212 Å². The van der Waals surface area contributed by atoms with Crippen LogP contribution < -0.4 is 32.7 Å². The molecule has 51 heavy (non-hydrogen) atoms. The van der Waals surface area contributed by atoms with E-state index in [-0.39, 0.29) is 44.8 Å². The third kappa shape index (κ3) is 14.1. The van der Waals surface area contributed by atoms with Crippen molar-refractivity contribution in [1.29, 1.82) is 0 Å². The maximum Gasteiger partial charge on any atom is 0.408 e. The van der Waals surface area contributed by atoms with Crippen molar-refractivity contribution in [2.75, 3.05) is 6.54 Å². The van der Waals surface area contributed by atoms with Crippen molar-refractivity contribution >= 4 is 35.5 Å². The Kier molecular flexibility index (Phi) is 16.3. The van der Waals surface area contributed by atoms with E-state index in [9.17, 15) is 28.8 Å². The zero-order valence-corrected chi connectivity index (χ0v) is 29.0. The molecule has 13 nitrogen and oxygen atoms in total. The van der Waals surface area contributed by atoms with Crippen molar-refractivity contribution in [3.63, 3.8) is 0 Å². The Hall–Kier alpha value is -5.56. The number of carbonyl (C=O) groups excluding carboxylic acids is 6. The monoisotopic (exact) mass is 700 g/mol. The lowest BCUT2D eigenvalue weighted by atomic mass is 9.98. The number of ether oxygens (including phenoxy) is 1. The molecule has 3 aromatic carbocycles. The van der Waals surface area contributed by atoms with Gasteiger partial charge >= 0.3 is 6.09 Å². The highest BCUT2D eigenvalue weighted by molar-refractivity contribution is 6.38. The Labute approximate surface area is 298 Å². The van der Waals surface area contributed by atoms with Crippen LogP contribution in [-0.2, 0) is 48.2 Å².